The maximum absolute atomic E-state index is 12.7. The van der Waals surface area contributed by atoms with Crippen LogP contribution in [0.2, 0.25) is 5.02 Å². The number of amides is 1. The van der Waals surface area contributed by atoms with Gasteiger partial charge in [-0.3, -0.25) is 9.78 Å². The van der Waals surface area contributed by atoms with E-state index in [4.69, 9.17) is 21.3 Å². The zero-order valence-corrected chi connectivity index (χ0v) is 16.3. The van der Waals surface area contributed by atoms with Crippen LogP contribution in [0.15, 0.2) is 42.7 Å². The maximum Gasteiger partial charge on any atom is 0.227 e. The molecule has 0 fully saturated rings. The zero-order valence-electron chi connectivity index (χ0n) is 14.7. The molecule has 5 nitrogen and oxygen atoms in total. The van der Waals surface area contributed by atoms with E-state index in [1.165, 1.54) is 4.88 Å². The highest BCUT2D eigenvalue weighted by molar-refractivity contribution is 7.15. The van der Waals surface area contributed by atoms with Crippen LogP contribution in [0.4, 0.5) is 5.69 Å². The number of thiazole rings is 1. The van der Waals surface area contributed by atoms with Crippen LogP contribution in [0.3, 0.4) is 0 Å². The van der Waals surface area contributed by atoms with Crippen molar-refractivity contribution in [1.82, 2.24) is 9.97 Å². The number of aromatic nitrogens is 2. The highest BCUT2D eigenvalue weighted by atomic mass is 35.5. The van der Waals surface area contributed by atoms with Crippen molar-refractivity contribution < 1.29 is 9.53 Å². The number of halogens is 1. The number of nitrogens with one attached hydrogen (secondary N) is 1. The first-order chi connectivity index (χ1) is 13.1. The standard InChI is InChI=1S/C20H18ClN3O2S/c1-26-17-5-3-14(11-15(17)21)23-19(25)13-2-4-16-18(10-13)27-20(24-16)12-6-8-22-9-7-12/h3,5-9,11,13H,2,4,10H2,1H3,(H,23,25). The lowest BCUT2D eigenvalue weighted by molar-refractivity contribution is -0.120. The van der Waals surface area contributed by atoms with Gasteiger partial charge < -0.3 is 10.1 Å². The second-order valence-electron chi connectivity index (χ2n) is 6.40. The molecular weight excluding hydrogens is 382 g/mol. The Hall–Kier alpha value is -2.44. The molecule has 0 aliphatic heterocycles. The van der Waals surface area contributed by atoms with E-state index < -0.39 is 0 Å². The minimum absolute atomic E-state index is 0.0146. The third-order valence-electron chi connectivity index (χ3n) is 4.66. The molecule has 7 heteroatoms. The van der Waals surface area contributed by atoms with Crippen molar-refractivity contribution in [3.8, 4) is 16.3 Å². The number of fused-ring (bicyclic) bond motifs is 1. The summed E-state index contributed by atoms with van der Waals surface area (Å²) in [7, 11) is 1.56. The Labute approximate surface area is 166 Å². The number of hydrogen-bond acceptors (Lipinski definition) is 5. The lowest BCUT2D eigenvalue weighted by atomic mass is 9.90. The molecule has 1 amide bonds. The summed E-state index contributed by atoms with van der Waals surface area (Å²) in [6.45, 7) is 0. The first-order valence-electron chi connectivity index (χ1n) is 8.67. The van der Waals surface area contributed by atoms with Gasteiger partial charge in [-0.1, -0.05) is 11.6 Å². The summed E-state index contributed by atoms with van der Waals surface area (Å²) in [6, 6.07) is 9.18. The van der Waals surface area contributed by atoms with Gasteiger partial charge in [0.05, 0.1) is 17.8 Å². The molecule has 2 aromatic heterocycles. The van der Waals surface area contributed by atoms with Crippen molar-refractivity contribution in [1.29, 1.82) is 0 Å². The second kappa shape index (κ2) is 7.66. The van der Waals surface area contributed by atoms with E-state index in [2.05, 4.69) is 10.3 Å². The smallest absolute Gasteiger partial charge is 0.227 e. The molecule has 1 aromatic carbocycles. The summed E-state index contributed by atoms with van der Waals surface area (Å²) in [5, 5.41) is 4.44. The summed E-state index contributed by atoms with van der Waals surface area (Å²) >= 11 is 7.81. The number of anilines is 1. The first kappa shape index (κ1) is 17.9. The molecule has 1 aliphatic rings. The van der Waals surface area contributed by atoms with E-state index in [-0.39, 0.29) is 11.8 Å². The summed E-state index contributed by atoms with van der Waals surface area (Å²) < 4.78 is 5.14. The molecule has 0 saturated heterocycles. The molecule has 0 saturated carbocycles. The molecule has 1 unspecified atom stereocenters. The normalized spacial score (nSPS) is 15.9. The van der Waals surface area contributed by atoms with Crippen molar-refractivity contribution in [3.05, 3.63) is 58.3 Å². The average Bonchev–Trinajstić information content (AvgIpc) is 3.12. The van der Waals surface area contributed by atoms with Gasteiger partial charge in [-0.15, -0.1) is 11.3 Å². The Morgan fingerprint density at radius 3 is 2.85 bits per heavy atom. The molecule has 1 atom stereocenters. The van der Waals surface area contributed by atoms with Gasteiger partial charge >= 0.3 is 0 Å². The van der Waals surface area contributed by atoms with Crippen LogP contribution in [0, 0.1) is 5.92 Å². The van der Waals surface area contributed by atoms with Gasteiger partial charge in [0, 0.05) is 34.4 Å². The summed E-state index contributed by atoms with van der Waals surface area (Å²) in [6.07, 6.45) is 5.87. The number of rotatable bonds is 4. The Bertz CT molecular complexity index is 975. The van der Waals surface area contributed by atoms with Crippen molar-refractivity contribution in [2.75, 3.05) is 12.4 Å². The maximum atomic E-state index is 12.7. The Kier molecular flexibility index (Phi) is 5.09. The molecular formula is C20H18ClN3O2S. The average molecular weight is 400 g/mol. The van der Waals surface area contributed by atoms with Gasteiger partial charge in [-0.05, 0) is 49.6 Å². The molecule has 4 rings (SSSR count). The van der Waals surface area contributed by atoms with Crippen LogP contribution >= 0.6 is 22.9 Å². The Morgan fingerprint density at radius 2 is 2.11 bits per heavy atom. The molecule has 1 N–H and O–H groups in total. The summed E-state index contributed by atoms with van der Waals surface area (Å²) in [5.74, 6) is 0.537. The van der Waals surface area contributed by atoms with E-state index in [1.54, 1.807) is 49.0 Å². The van der Waals surface area contributed by atoms with E-state index in [1.807, 2.05) is 12.1 Å². The third kappa shape index (κ3) is 3.82. The highest BCUT2D eigenvalue weighted by Gasteiger charge is 2.28. The van der Waals surface area contributed by atoms with Gasteiger partial charge in [0.2, 0.25) is 5.91 Å². The third-order valence-corrected chi connectivity index (χ3v) is 6.12. The summed E-state index contributed by atoms with van der Waals surface area (Å²) in [5.41, 5.74) is 2.86. The van der Waals surface area contributed by atoms with Gasteiger partial charge in [0.25, 0.3) is 0 Å². The molecule has 0 radical (unpaired) electrons. The van der Waals surface area contributed by atoms with Gasteiger partial charge in [-0.2, -0.15) is 0 Å². The van der Waals surface area contributed by atoms with E-state index in [0.717, 1.165) is 29.1 Å². The van der Waals surface area contributed by atoms with Gasteiger partial charge in [0.1, 0.15) is 10.8 Å². The fourth-order valence-electron chi connectivity index (χ4n) is 3.21. The molecule has 27 heavy (non-hydrogen) atoms. The summed E-state index contributed by atoms with van der Waals surface area (Å²) in [4.78, 5) is 22.7. The molecule has 0 spiro atoms. The predicted molar refractivity (Wildman–Crippen MR) is 107 cm³/mol. The van der Waals surface area contributed by atoms with Crippen LogP contribution in [0.5, 0.6) is 5.75 Å². The van der Waals surface area contributed by atoms with Crippen LogP contribution in [-0.4, -0.2) is 23.0 Å². The number of methoxy groups -OCH3 is 1. The number of benzene rings is 1. The lowest BCUT2D eigenvalue weighted by Crippen LogP contribution is -2.27. The molecule has 0 bridgehead atoms. The Balaban J connectivity index is 1.47. The SMILES string of the molecule is COc1ccc(NC(=O)C2CCc3nc(-c4ccncc4)sc3C2)cc1Cl. The van der Waals surface area contributed by atoms with Crippen molar-refractivity contribution >= 4 is 34.5 Å². The Morgan fingerprint density at radius 1 is 1.30 bits per heavy atom. The molecule has 1 aliphatic carbocycles. The number of carbonyl (C=O) groups is 1. The van der Waals surface area contributed by atoms with E-state index in [9.17, 15) is 4.79 Å². The van der Waals surface area contributed by atoms with E-state index in [0.29, 0.717) is 22.9 Å². The number of aryl methyl sites for hydroxylation is 1. The largest absolute Gasteiger partial charge is 0.495 e. The first-order valence-corrected chi connectivity index (χ1v) is 9.87. The number of hydrogen-bond donors (Lipinski definition) is 1. The van der Waals surface area contributed by atoms with Crippen LogP contribution in [-0.2, 0) is 17.6 Å². The predicted octanol–water partition coefficient (Wildman–Crippen LogP) is 4.61. The fourth-order valence-corrected chi connectivity index (χ4v) is 4.66. The molecule has 3 aromatic rings. The molecule has 138 valence electrons. The highest BCUT2D eigenvalue weighted by Crippen LogP contribution is 2.35. The minimum Gasteiger partial charge on any atom is -0.495 e. The van der Waals surface area contributed by atoms with Crippen LogP contribution in [0.1, 0.15) is 17.0 Å². The molecule has 2 heterocycles. The van der Waals surface area contributed by atoms with Gasteiger partial charge in [0.15, 0.2) is 0 Å². The topological polar surface area (TPSA) is 64.1 Å². The number of nitrogens with zero attached hydrogens (tertiary/aromatic N) is 2. The van der Waals surface area contributed by atoms with Crippen molar-refractivity contribution in [2.24, 2.45) is 5.92 Å². The number of ether oxygens (including phenoxy) is 1. The minimum atomic E-state index is -0.0656. The van der Waals surface area contributed by atoms with E-state index >= 15 is 0 Å². The van der Waals surface area contributed by atoms with Crippen LogP contribution < -0.4 is 10.1 Å². The lowest BCUT2D eigenvalue weighted by Gasteiger charge is -2.20. The van der Waals surface area contributed by atoms with Crippen molar-refractivity contribution in [3.63, 3.8) is 0 Å². The monoisotopic (exact) mass is 399 g/mol. The number of carbonyl (C=O) groups excluding carboxylic acids is 1. The quantitative estimate of drug-likeness (QED) is 0.695. The van der Waals surface area contributed by atoms with Crippen molar-refractivity contribution in [2.45, 2.75) is 19.3 Å². The fraction of sp³-hybridized carbons (Fsp3) is 0.250. The second-order valence-corrected chi connectivity index (χ2v) is 7.89. The number of pyridine rings is 1. The van der Waals surface area contributed by atoms with Crippen LogP contribution in [0.25, 0.3) is 10.6 Å². The van der Waals surface area contributed by atoms with Gasteiger partial charge in [-0.25, -0.2) is 4.98 Å². The zero-order chi connectivity index (χ0) is 18.8.